The zero-order valence-corrected chi connectivity index (χ0v) is 12.5. The van der Waals surface area contributed by atoms with Gasteiger partial charge in [-0.3, -0.25) is 0 Å². The van der Waals surface area contributed by atoms with Gasteiger partial charge in [-0.25, -0.2) is 4.39 Å². The maximum absolute atomic E-state index is 13.0. The van der Waals surface area contributed by atoms with Crippen LogP contribution in [0.4, 0.5) is 4.39 Å². The van der Waals surface area contributed by atoms with E-state index in [9.17, 15) is 4.39 Å². The molecule has 1 aromatic carbocycles. The Labute approximate surface area is 116 Å². The summed E-state index contributed by atoms with van der Waals surface area (Å²) in [5.74, 6) is -0.187. The van der Waals surface area contributed by atoms with Crippen LogP contribution in [0.15, 0.2) is 24.3 Å². The first-order chi connectivity index (χ1) is 9.11. The Bertz CT molecular complexity index is 351. The molecular weight excluding hydrogens is 241 g/mol. The van der Waals surface area contributed by atoms with Gasteiger partial charge in [0.25, 0.3) is 0 Å². The summed E-state index contributed by atoms with van der Waals surface area (Å²) in [6.07, 6.45) is 2.77. The fourth-order valence-electron chi connectivity index (χ4n) is 2.72. The van der Waals surface area contributed by atoms with Crippen LogP contribution in [0.25, 0.3) is 0 Å². The summed E-state index contributed by atoms with van der Waals surface area (Å²) >= 11 is 0. The Morgan fingerprint density at radius 3 is 2.16 bits per heavy atom. The maximum atomic E-state index is 13.0. The van der Waals surface area contributed by atoms with Gasteiger partial charge in [0.2, 0.25) is 0 Å². The minimum absolute atomic E-state index is 0.162. The number of rotatable bonds is 8. The number of methoxy groups -OCH3 is 1. The Hall–Kier alpha value is -0.930. The molecule has 0 saturated heterocycles. The molecule has 0 radical (unpaired) electrons. The molecule has 0 fully saturated rings. The van der Waals surface area contributed by atoms with E-state index in [1.54, 1.807) is 7.11 Å². The summed E-state index contributed by atoms with van der Waals surface area (Å²) in [5.41, 5.74) is 0.973. The average Bonchev–Trinajstić information content (AvgIpc) is 2.44. The molecule has 2 nitrogen and oxygen atoms in total. The zero-order valence-electron chi connectivity index (χ0n) is 12.5. The second-order valence-electron chi connectivity index (χ2n) is 4.92. The fraction of sp³-hybridized carbons (Fsp3) is 0.625. The van der Waals surface area contributed by atoms with E-state index >= 15 is 0 Å². The van der Waals surface area contributed by atoms with Crippen molar-refractivity contribution in [3.8, 4) is 0 Å². The van der Waals surface area contributed by atoms with E-state index in [0.29, 0.717) is 0 Å². The first-order valence-electron chi connectivity index (χ1n) is 7.14. The van der Waals surface area contributed by atoms with Gasteiger partial charge in [-0.15, -0.1) is 0 Å². The van der Waals surface area contributed by atoms with Crippen LogP contribution >= 0.6 is 0 Å². The van der Waals surface area contributed by atoms with Crippen molar-refractivity contribution in [1.82, 2.24) is 5.32 Å². The van der Waals surface area contributed by atoms with E-state index in [4.69, 9.17) is 4.74 Å². The monoisotopic (exact) mass is 267 g/mol. The number of benzene rings is 1. The van der Waals surface area contributed by atoms with Gasteiger partial charge in [0.1, 0.15) is 5.82 Å². The SMILES string of the molecule is CCNC(Cc1ccc(F)cc1)C(CC)(CC)OC. The summed E-state index contributed by atoms with van der Waals surface area (Å²) in [4.78, 5) is 0. The Morgan fingerprint density at radius 1 is 1.16 bits per heavy atom. The van der Waals surface area contributed by atoms with Crippen LogP contribution in [0.2, 0.25) is 0 Å². The van der Waals surface area contributed by atoms with Gasteiger partial charge in [-0.05, 0) is 43.5 Å². The van der Waals surface area contributed by atoms with Crippen molar-refractivity contribution in [2.45, 2.75) is 51.7 Å². The highest BCUT2D eigenvalue weighted by Gasteiger charge is 2.35. The second kappa shape index (κ2) is 7.61. The molecule has 0 bridgehead atoms. The predicted octanol–water partition coefficient (Wildman–Crippen LogP) is 3.55. The third kappa shape index (κ3) is 4.02. The first kappa shape index (κ1) is 16.1. The minimum atomic E-state index is -0.187. The molecule has 0 aliphatic carbocycles. The molecule has 0 aliphatic heterocycles. The summed E-state index contributed by atoms with van der Waals surface area (Å²) in [6, 6.07) is 6.98. The Kier molecular flexibility index (Phi) is 6.46. The van der Waals surface area contributed by atoms with E-state index in [0.717, 1.165) is 31.4 Å². The molecule has 0 aromatic heterocycles. The Balaban J connectivity index is 2.90. The molecule has 0 spiro atoms. The lowest BCUT2D eigenvalue weighted by atomic mass is 9.84. The van der Waals surface area contributed by atoms with Crippen molar-refractivity contribution in [1.29, 1.82) is 0 Å². The second-order valence-corrected chi connectivity index (χ2v) is 4.92. The quantitative estimate of drug-likeness (QED) is 0.777. The molecule has 0 heterocycles. The number of hydrogen-bond donors (Lipinski definition) is 1. The van der Waals surface area contributed by atoms with Crippen LogP contribution in [0.3, 0.4) is 0 Å². The first-order valence-corrected chi connectivity index (χ1v) is 7.14. The summed E-state index contributed by atoms with van der Waals surface area (Å²) in [6.45, 7) is 7.31. The third-order valence-corrected chi connectivity index (χ3v) is 4.04. The molecule has 1 rings (SSSR count). The number of halogens is 1. The summed E-state index contributed by atoms with van der Waals surface area (Å²) < 4.78 is 18.8. The van der Waals surface area contributed by atoms with Crippen molar-refractivity contribution in [3.63, 3.8) is 0 Å². The normalized spacial score (nSPS) is 13.5. The lowest BCUT2D eigenvalue weighted by Crippen LogP contribution is -2.52. The van der Waals surface area contributed by atoms with E-state index in [-0.39, 0.29) is 17.5 Å². The van der Waals surface area contributed by atoms with Gasteiger partial charge < -0.3 is 10.1 Å². The van der Waals surface area contributed by atoms with E-state index in [2.05, 4.69) is 26.1 Å². The van der Waals surface area contributed by atoms with Crippen LogP contribution in [-0.2, 0) is 11.2 Å². The fourth-order valence-corrected chi connectivity index (χ4v) is 2.72. The highest BCUT2D eigenvalue weighted by molar-refractivity contribution is 5.18. The number of nitrogens with one attached hydrogen (secondary N) is 1. The van der Waals surface area contributed by atoms with Gasteiger partial charge in [-0.1, -0.05) is 32.9 Å². The van der Waals surface area contributed by atoms with E-state index < -0.39 is 0 Å². The van der Waals surface area contributed by atoms with Crippen molar-refractivity contribution in [2.24, 2.45) is 0 Å². The van der Waals surface area contributed by atoms with Gasteiger partial charge in [0.05, 0.1) is 5.60 Å². The average molecular weight is 267 g/mol. The number of likely N-dealkylation sites (N-methyl/N-ethyl adjacent to an activating group) is 1. The molecule has 0 saturated carbocycles. The van der Waals surface area contributed by atoms with Crippen molar-refractivity contribution >= 4 is 0 Å². The smallest absolute Gasteiger partial charge is 0.123 e. The Morgan fingerprint density at radius 2 is 1.74 bits per heavy atom. The molecule has 108 valence electrons. The van der Waals surface area contributed by atoms with Crippen LogP contribution in [0.5, 0.6) is 0 Å². The molecule has 0 aliphatic rings. The molecular formula is C16H26FNO. The zero-order chi connectivity index (χ0) is 14.3. The molecule has 1 N–H and O–H groups in total. The lowest BCUT2D eigenvalue weighted by molar-refractivity contribution is -0.0468. The number of ether oxygens (including phenoxy) is 1. The molecule has 0 amide bonds. The molecule has 1 atom stereocenters. The van der Waals surface area contributed by atoms with Gasteiger partial charge in [0.15, 0.2) is 0 Å². The molecule has 1 aromatic rings. The van der Waals surface area contributed by atoms with Gasteiger partial charge in [-0.2, -0.15) is 0 Å². The molecule has 1 unspecified atom stereocenters. The van der Waals surface area contributed by atoms with Crippen LogP contribution < -0.4 is 5.32 Å². The van der Waals surface area contributed by atoms with E-state index in [1.165, 1.54) is 12.1 Å². The highest BCUT2D eigenvalue weighted by atomic mass is 19.1. The van der Waals surface area contributed by atoms with Crippen LogP contribution in [-0.4, -0.2) is 25.3 Å². The topological polar surface area (TPSA) is 21.3 Å². The van der Waals surface area contributed by atoms with Crippen LogP contribution in [0, 0.1) is 5.82 Å². The molecule has 3 heteroatoms. The largest absolute Gasteiger partial charge is 0.377 e. The predicted molar refractivity (Wildman–Crippen MR) is 77.9 cm³/mol. The summed E-state index contributed by atoms with van der Waals surface area (Å²) in [5, 5.41) is 3.52. The summed E-state index contributed by atoms with van der Waals surface area (Å²) in [7, 11) is 1.78. The molecule has 19 heavy (non-hydrogen) atoms. The third-order valence-electron chi connectivity index (χ3n) is 4.04. The number of hydrogen-bond acceptors (Lipinski definition) is 2. The maximum Gasteiger partial charge on any atom is 0.123 e. The van der Waals surface area contributed by atoms with Crippen molar-refractivity contribution in [2.75, 3.05) is 13.7 Å². The van der Waals surface area contributed by atoms with Crippen LogP contribution in [0.1, 0.15) is 39.2 Å². The highest BCUT2D eigenvalue weighted by Crippen LogP contribution is 2.26. The minimum Gasteiger partial charge on any atom is -0.377 e. The van der Waals surface area contributed by atoms with Gasteiger partial charge in [0, 0.05) is 13.2 Å². The van der Waals surface area contributed by atoms with Crippen molar-refractivity contribution in [3.05, 3.63) is 35.6 Å². The van der Waals surface area contributed by atoms with Crippen molar-refractivity contribution < 1.29 is 9.13 Å². The van der Waals surface area contributed by atoms with Gasteiger partial charge >= 0.3 is 0 Å². The standard InChI is InChI=1S/C16H26FNO/c1-5-16(6-2,19-4)15(18-7-3)12-13-8-10-14(17)11-9-13/h8-11,15,18H,5-7,12H2,1-4H3. The lowest BCUT2D eigenvalue weighted by Gasteiger charge is -2.39. The van der Waals surface area contributed by atoms with E-state index in [1.807, 2.05) is 12.1 Å².